The largest absolute Gasteiger partial charge is 0.371 e. The number of primary amides is 1. The first-order valence-corrected chi connectivity index (χ1v) is 8.46. The molecular formula is C17H22N6O3. The van der Waals surface area contributed by atoms with E-state index in [1.165, 1.54) is 4.68 Å². The molecule has 26 heavy (non-hydrogen) atoms. The van der Waals surface area contributed by atoms with Crippen LogP contribution >= 0.6 is 0 Å². The van der Waals surface area contributed by atoms with Crippen molar-refractivity contribution in [2.45, 2.75) is 19.8 Å². The van der Waals surface area contributed by atoms with Crippen molar-refractivity contribution in [3.63, 3.8) is 0 Å². The molecule has 3 N–H and O–H groups in total. The van der Waals surface area contributed by atoms with Gasteiger partial charge in [-0.25, -0.2) is 4.68 Å². The fourth-order valence-electron chi connectivity index (χ4n) is 3.32. The van der Waals surface area contributed by atoms with Crippen LogP contribution in [0.2, 0.25) is 0 Å². The Morgan fingerprint density at radius 2 is 1.92 bits per heavy atom. The lowest BCUT2D eigenvalue weighted by Gasteiger charge is -2.32. The average Bonchev–Trinajstić information content (AvgIpc) is 2.89. The summed E-state index contributed by atoms with van der Waals surface area (Å²) in [5, 5.41) is 18.4. The molecule has 1 aliphatic rings. The third kappa shape index (κ3) is 3.46. The standard InChI is InChI=1S/C17H22N6O3/c1-11-15(23(25)26)17(21(2)20-11)19-13-3-5-14(6-4-13)22-9-7-12(8-10-22)16(18)24/h3-6,12,19H,7-10H2,1-2H3,(H2,18,24). The first kappa shape index (κ1) is 17.7. The van der Waals surface area contributed by atoms with Gasteiger partial charge in [-0.2, -0.15) is 5.10 Å². The first-order valence-electron chi connectivity index (χ1n) is 8.46. The molecule has 1 fully saturated rings. The van der Waals surface area contributed by atoms with Gasteiger partial charge < -0.3 is 16.0 Å². The fraction of sp³-hybridized carbons (Fsp3) is 0.412. The first-order chi connectivity index (χ1) is 12.4. The van der Waals surface area contributed by atoms with E-state index in [0.29, 0.717) is 11.5 Å². The van der Waals surface area contributed by atoms with Crippen molar-refractivity contribution in [2.75, 3.05) is 23.3 Å². The zero-order valence-corrected chi connectivity index (χ0v) is 14.8. The summed E-state index contributed by atoms with van der Waals surface area (Å²) in [6.45, 7) is 3.18. The lowest BCUT2D eigenvalue weighted by Crippen LogP contribution is -2.38. The van der Waals surface area contributed by atoms with Gasteiger partial charge in [0, 0.05) is 37.4 Å². The van der Waals surface area contributed by atoms with Crippen molar-refractivity contribution in [3.8, 4) is 0 Å². The van der Waals surface area contributed by atoms with Crippen LogP contribution in [0.4, 0.5) is 22.9 Å². The van der Waals surface area contributed by atoms with Gasteiger partial charge in [-0.05, 0) is 44.0 Å². The number of nitro groups is 1. The van der Waals surface area contributed by atoms with Gasteiger partial charge in [-0.3, -0.25) is 14.9 Å². The van der Waals surface area contributed by atoms with E-state index >= 15 is 0 Å². The van der Waals surface area contributed by atoms with E-state index < -0.39 is 4.92 Å². The highest BCUT2D eigenvalue weighted by molar-refractivity contribution is 5.77. The normalized spacial score (nSPS) is 15.1. The van der Waals surface area contributed by atoms with Gasteiger partial charge in [-0.15, -0.1) is 0 Å². The third-order valence-corrected chi connectivity index (χ3v) is 4.77. The Morgan fingerprint density at radius 1 is 1.31 bits per heavy atom. The zero-order valence-electron chi connectivity index (χ0n) is 14.8. The van der Waals surface area contributed by atoms with E-state index in [4.69, 9.17) is 5.73 Å². The van der Waals surface area contributed by atoms with Crippen molar-refractivity contribution in [3.05, 3.63) is 40.1 Å². The Balaban J connectivity index is 1.71. The molecule has 2 aromatic rings. The lowest BCUT2D eigenvalue weighted by molar-refractivity contribution is -0.384. The number of carbonyl (C=O) groups excluding carboxylic acids is 1. The number of amides is 1. The van der Waals surface area contributed by atoms with Crippen molar-refractivity contribution in [2.24, 2.45) is 18.7 Å². The van der Waals surface area contributed by atoms with Gasteiger partial charge in [0.2, 0.25) is 11.7 Å². The Kier molecular flexibility index (Phi) is 4.79. The number of anilines is 3. The molecule has 0 saturated carbocycles. The van der Waals surface area contributed by atoms with Gasteiger partial charge in [0.25, 0.3) is 0 Å². The predicted molar refractivity (Wildman–Crippen MR) is 98.5 cm³/mol. The monoisotopic (exact) mass is 358 g/mol. The maximum Gasteiger partial charge on any atom is 0.334 e. The number of nitrogens with one attached hydrogen (secondary N) is 1. The van der Waals surface area contributed by atoms with Crippen LogP contribution in [-0.2, 0) is 11.8 Å². The van der Waals surface area contributed by atoms with Crippen LogP contribution in [-0.4, -0.2) is 33.7 Å². The molecule has 1 saturated heterocycles. The minimum atomic E-state index is -0.429. The smallest absolute Gasteiger partial charge is 0.334 e. The summed E-state index contributed by atoms with van der Waals surface area (Å²) < 4.78 is 1.47. The number of nitrogens with zero attached hydrogens (tertiary/aromatic N) is 4. The predicted octanol–water partition coefficient (Wildman–Crippen LogP) is 2.08. The molecule has 1 aliphatic heterocycles. The van der Waals surface area contributed by atoms with Gasteiger partial charge >= 0.3 is 5.69 Å². The van der Waals surface area contributed by atoms with Crippen LogP contribution in [0.1, 0.15) is 18.5 Å². The molecule has 1 aromatic heterocycles. The number of benzene rings is 1. The van der Waals surface area contributed by atoms with E-state index in [1.807, 2.05) is 24.3 Å². The molecule has 0 bridgehead atoms. The second-order valence-corrected chi connectivity index (χ2v) is 6.50. The summed E-state index contributed by atoms with van der Waals surface area (Å²) in [6, 6.07) is 7.67. The average molecular weight is 358 g/mol. The highest BCUT2D eigenvalue weighted by Gasteiger charge is 2.25. The Morgan fingerprint density at radius 3 is 2.46 bits per heavy atom. The molecule has 0 radical (unpaired) electrons. The number of hydrogen-bond acceptors (Lipinski definition) is 6. The molecular weight excluding hydrogens is 336 g/mol. The van der Waals surface area contributed by atoms with Crippen LogP contribution in [0.3, 0.4) is 0 Å². The molecule has 1 aromatic carbocycles. The number of nitrogens with two attached hydrogens (primary N) is 1. The second kappa shape index (κ2) is 7.03. The quantitative estimate of drug-likeness (QED) is 0.624. The molecule has 0 aliphatic carbocycles. The molecule has 138 valence electrons. The van der Waals surface area contributed by atoms with Gasteiger partial charge in [0.15, 0.2) is 0 Å². The number of aryl methyl sites for hydroxylation is 2. The van der Waals surface area contributed by atoms with E-state index in [2.05, 4.69) is 15.3 Å². The highest BCUT2D eigenvalue weighted by atomic mass is 16.6. The number of carbonyl (C=O) groups is 1. The van der Waals surface area contributed by atoms with E-state index in [0.717, 1.165) is 37.3 Å². The SMILES string of the molecule is Cc1nn(C)c(Nc2ccc(N3CCC(C(N)=O)CC3)cc2)c1[N+](=O)[O-]. The number of hydrogen-bond donors (Lipinski definition) is 2. The van der Waals surface area contributed by atoms with E-state index in [1.54, 1.807) is 14.0 Å². The maximum absolute atomic E-state index is 11.3. The van der Waals surface area contributed by atoms with Crippen LogP contribution in [0.5, 0.6) is 0 Å². The fourth-order valence-corrected chi connectivity index (χ4v) is 3.32. The topological polar surface area (TPSA) is 119 Å². The zero-order chi connectivity index (χ0) is 18.8. The number of aromatic nitrogens is 2. The van der Waals surface area contributed by atoms with Gasteiger partial charge in [0.05, 0.1) is 4.92 Å². The number of rotatable bonds is 5. The summed E-state index contributed by atoms with van der Waals surface area (Å²) >= 11 is 0. The maximum atomic E-state index is 11.3. The second-order valence-electron chi connectivity index (χ2n) is 6.50. The Labute approximate surface area is 150 Å². The lowest BCUT2D eigenvalue weighted by atomic mass is 9.96. The third-order valence-electron chi connectivity index (χ3n) is 4.77. The Hall–Kier alpha value is -3.10. The molecule has 0 spiro atoms. The molecule has 9 heteroatoms. The molecule has 3 rings (SSSR count). The van der Waals surface area contributed by atoms with Crippen LogP contribution in [0.15, 0.2) is 24.3 Å². The summed E-state index contributed by atoms with van der Waals surface area (Å²) in [5.41, 5.74) is 7.51. The van der Waals surface area contributed by atoms with Gasteiger partial charge in [-0.1, -0.05) is 0 Å². The summed E-state index contributed by atoms with van der Waals surface area (Å²) in [6.07, 6.45) is 1.52. The summed E-state index contributed by atoms with van der Waals surface area (Å²) in [7, 11) is 1.67. The highest BCUT2D eigenvalue weighted by Crippen LogP contribution is 2.31. The van der Waals surface area contributed by atoms with Crippen molar-refractivity contribution < 1.29 is 9.72 Å². The Bertz CT molecular complexity index is 822. The molecule has 0 atom stereocenters. The van der Waals surface area contributed by atoms with Crippen LogP contribution in [0.25, 0.3) is 0 Å². The van der Waals surface area contributed by atoms with Crippen LogP contribution < -0.4 is 16.0 Å². The summed E-state index contributed by atoms with van der Waals surface area (Å²) in [5.74, 6) is 0.0839. The molecule has 0 unspecified atom stereocenters. The van der Waals surface area contributed by atoms with Crippen molar-refractivity contribution >= 4 is 28.8 Å². The minimum absolute atomic E-state index is 0.0231. The minimum Gasteiger partial charge on any atom is -0.371 e. The molecule has 2 heterocycles. The number of piperidine rings is 1. The van der Waals surface area contributed by atoms with E-state index in [-0.39, 0.29) is 17.5 Å². The summed E-state index contributed by atoms with van der Waals surface area (Å²) in [4.78, 5) is 24.3. The molecule has 1 amide bonds. The van der Waals surface area contributed by atoms with E-state index in [9.17, 15) is 14.9 Å². The molecule has 9 nitrogen and oxygen atoms in total. The van der Waals surface area contributed by atoms with Gasteiger partial charge in [0.1, 0.15) is 5.69 Å². The van der Waals surface area contributed by atoms with Crippen LogP contribution in [0, 0.1) is 23.0 Å². The van der Waals surface area contributed by atoms with Crippen molar-refractivity contribution in [1.82, 2.24) is 9.78 Å². The van der Waals surface area contributed by atoms with Crippen molar-refractivity contribution in [1.29, 1.82) is 0 Å².